The highest BCUT2D eigenvalue weighted by Crippen LogP contribution is 2.39. The van der Waals surface area contributed by atoms with E-state index in [1.165, 1.54) is 16.4 Å². The van der Waals surface area contributed by atoms with Gasteiger partial charge < -0.3 is 10.1 Å². The standard InChI is InChI=1S/C29H25FN2O4S/c1-20-5-4-6-22(17-20)19-36-29(33)24-13-11-23(12-14-24)28-31-26-7-2-3-8-27(26)37(34,35)32(28)18-21-9-15-25(30)16-10-21/h2-17,28,31H,18-19H2,1H3. The van der Waals surface area contributed by atoms with E-state index < -0.39 is 28.0 Å². The van der Waals surface area contributed by atoms with Crippen LogP contribution in [0.15, 0.2) is 102 Å². The van der Waals surface area contributed by atoms with Gasteiger partial charge in [-0.15, -0.1) is 0 Å². The molecule has 188 valence electrons. The number of aryl methyl sites for hydroxylation is 1. The molecule has 0 aromatic heterocycles. The van der Waals surface area contributed by atoms with E-state index in [0.29, 0.717) is 22.4 Å². The molecule has 1 unspecified atom stereocenters. The van der Waals surface area contributed by atoms with Crippen LogP contribution in [0.25, 0.3) is 0 Å². The zero-order valence-electron chi connectivity index (χ0n) is 20.1. The predicted molar refractivity (Wildman–Crippen MR) is 139 cm³/mol. The van der Waals surface area contributed by atoms with Gasteiger partial charge in [0, 0.05) is 6.54 Å². The highest BCUT2D eigenvalue weighted by atomic mass is 32.2. The Balaban J connectivity index is 1.41. The van der Waals surface area contributed by atoms with E-state index in [1.807, 2.05) is 31.2 Å². The Labute approximate surface area is 215 Å². The number of ether oxygens (including phenoxy) is 1. The van der Waals surface area contributed by atoms with Crippen LogP contribution >= 0.6 is 0 Å². The zero-order valence-corrected chi connectivity index (χ0v) is 20.9. The summed E-state index contributed by atoms with van der Waals surface area (Å²) in [6.07, 6.45) is -0.734. The molecule has 0 saturated carbocycles. The fourth-order valence-corrected chi connectivity index (χ4v) is 6.01. The molecule has 0 aliphatic carbocycles. The molecule has 0 spiro atoms. The van der Waals surface area contributed by atoms with Gasteiger partial charge in [-0.25, -0.2) is 17.6 Å². The summed E-state index contributed by atoms with van der Waals surface area (Å²) < 4.78 is 47.5. The third-order valence-corrected chi connectivity index (χ3v) is 8.09. The van der Waals surface area contributed by atoms with Gasteiger partial charge in [-0.2, -0.15) is 4.31 Å². The van der Waals surface area contributed by atoms with Crippen molar-refractivity contribution in [2.45, 2.75) is 31.1 Å². The molecule has 1 aliphatic rings. The normalized spacial score (nSPS) is 16.4. The minimum atomic E-state index is -3.87. The van der Waals surface area contributed by atoms with Crippen molar-refractivity contribution in [2.24, 2.45) is 0 Å². The zero-order chi connectivity index (χ0) is 26.0. The number of esters is 1. The predicted octanol–water partition coefficient (Wildman–Crippen LogP) is 5.81. The molecule has 0 amide bonds. The molecule has 4 aromatic carbocycles. The maximum absolute atomic E-state index is 13.6. The number of carbonyl (C=O) groups is 1. The highest BCUT2D eigenvalue weighted by molar-refractivity contribution is 7.89. The van der Waals surface area contributed by atoms with Crippen LogP contribution in [0, 0.1) is 12.7 Å². The lowest BCUT2D eigenvalue weighted by Gasteiger charge is -2.37. The topological polar surface area (TPSA) is 75.7 Å². The lowest BCUT2D eigenvalue weighted by molar-refractivity contribution is 0.0472. The quantitative estimate of drug-likeness (QED) is 0.328. The van der Waals surface area contributed by atoms with Crippen molar-refractivity contribution in [1.82, 2.24) is 4.31 Å². The Kier molecular flexibility index (Phi) is 6.78. The second-order valence-corrected chi connectivity index (χ2v) is 10.8. The number of nitrogens with zero attached hydrogens (tertiary/aromatic N) is 1. The number of hydrogen-bond donors (Lipinski definition) is 1. The average Bonchev–Trinajstić information content (AvgIpc) is 2.90. The third kappa shape index (κ3) is 5.26. The third-order valence-electron chi connectivity index (χ3n) is 6.22. The van der Waals surface area contributed by atoms with Crippen LogP contribution in [-0.4, -0.2) is 18.7 Å². The fraction of sp³-hybridized carbons (Fsp3) is 0.138. The second kappa shape index (κ2) is 10.2. The van der Waals surface area contributed by atoms with Crippen LogP contribution in [-0.2, 0) is 27.9 Å². The van der Waals surface area contributed by atoms with Gasteiger partial charge >= 0.3 is 5.97 Å². The number of fused-ring (bicyclic) bond motifs is 1. The van der Waals surface area contributed by atoms with Gasteiger partial charge in [0.05, 0.1) is 11.3 Å². The summed E-state index contributed by atoms with van der Waals surface area (Å²) in [4.78, 5) is 12.8. The minimum Gasteiger partial charge on any atom is -0.457 e. The van der Waals surface area contributed by atoms with E-state index >= 15 is 0 Å². The molecule has 0 fully saturated rings. The van der Waals surface area contributed by atoms with Gasteiger partial charge in [-0.3, -0.25) is 0 Å². The van der Waals surface area contributed by atoms with Crippen molar-refractivity contribution in [3.63, 3.8) is 0 Å². The van der Waals surface area contributed by atoms with Gasteiger partial charge in [0.2, 0.25) is 10.0 Å². The molecule has 0 saturated heterocycles. The van der Waals surface area contributed by atoms with E-state index in [4.69, 9.17) is 4.74 Å². The number of hydrogen-bond acceptors (Lipinski definition) is 5. The Morgan fingerprint density at radius 2 is 1.65 bits per heavy atom. The number of halogens is 1. The van der Waals surface area contributed by atoms with Crippen LogP contribution in [0.1, 0.15) is 38.8 Å². The lowest BCUT2D eigenvalue weighted by atomic mass is 10.1. The van der Waals surface area contributed by atoms with Crippen molar-refractivity contribution in [1.29, 1.82) is 0 Å². The first-order valence-corrected chi connectivity index (χ1v) is 13.2. The van der Waals surface area contributed by atoms with E-state index in [9.17, 15) is 17.6 Å². The molecule has 6 nitrogen and oxygen atoms in total. The summed E-state index contributed by atoms with van der Waals surface area (Å²) in [6.45, 7) is 2.17. The minimum absolute atomic E-state index is 0.0366. The van der Waals surface area contributed by atoms with E-state index in [2.05, 4.69) is 5.32 Å². The summed E-state index contributed by atoms with van der Waals surface area (Å²) in [5.74, 6) is -0.860. The molecular weight excluding hydrogens is 491 g/mol. The molecule has 1 heterocycles. The summed E-state index contributed by atoms with van der Waals surface area (Å²) in [5.41, 5.74) is 4.13. The summed E-state index contributed by atoms with van der Waals surface area (Å²) in [7, 11) is -3.87. The Morgan fingerprint density at radius 1 is 0.919 bits per heavy atom. The maximum Gasteiger partial charge on any atom is 0.338 e. The van der Waals surface area contributed by atoms with Crippen molar-refractivity contribution in [3.8, 4) is 0 Å². The maximum atomic E-state index is 13.6. The Hall–Kier alpha value is -4.01. The molecule has 0 radical (unpaired) electrons. The number of carbonyl (C=O) groups excluding carboxylic acids is 1. The van der Waals surface area contributed by atoms with Crippen LogP contribution in [0.5, 0.6) is 0 Å². The Bertz CT molecular complexity index is 1540. The lowest BCUT2D eigenvalue weighted by Crippen LogP contribution is -2.42. The smallest absolute Gasteiger partial charge is 0.338 e. The molecule has 1 N–H and O–H groups in total. The summed E-state index contributed by atoms with van der Waals surface area (Å²) >= 11 is 0. The van der Waals surface area contributed by atoms with Crippen LogP contribution in [0.2, 0.25) is 0 Å². The molecule has 1 aliphatic heterocycles. The van der Waals surface area contributed by atoms with E-state index in [1.54, 1.807) is 60.7 Å². The van der Waals surface area contributed by atoms with Gasteiger partial charge in [0.1, 0.15) is 23.5 Å². The molecule has 8 heteroatoms. The number of anilines is 1. The first-order chi connectivity index (χ1) is 17.8. The van der Waals surface area contributed by atoms with Gasteiger partial charge in [0.15, 0.2) is 0 Å². The van der Waals surface area contributed by atoms with Crippen molar-refractivity contribution in [3.05, 3.63) is 131 Å². The Morgan fingerprint density at radius 3 is 2.38 bits per heavy atom. The average molecular weight is 517 g/mol. The number of nitrogens with one attached hydrogen (secondary N) is 1. The van der Waals surface area contributed by atoms with Crippen LogP contribution in [0.4, 0.5) is 10.1 Å². The van der Waals surface area contributed by atoms with Crippen molar-refractivity contribution < 1.29 is 22.3 Å². The van der Waals surface area contributed by atoms with Crippen LogP contribution < -0.4 is 5.32 Å². The first kappa shape index (κ1) is 24.7. The number of para-hydroxylation sites is 1. The molecule has 37 heavy (non-hydrogen) atoms. The fourth-order valence-electron chi connectivity index (χ4n) is 4.33. The van der Waals surface area contributed by atoms with Crippen molar-refractivity contribution >= 4 is 21.7 Å². The first-order valence-electron chi connectivity index (χ1n) is 11.8. The molecule has 4 aromatic rings. The van der Waals surface area contributed by atoms with Crippen LogP contribution in [0.3, 0.4) is 0 Å². The van der Waals surface area contributed by atoms with E-state index in [0.717, 1.165) is 11.1 Å². The van der Waals surface area contributed by atoms with Crippen molar-refractivity contribution in [2.75, 3.05) is 5.32 Å². The largest absolute Gasteiger partial charge is 0.457 e. The van der Waals surface area contributed by atoms with Gasteiger partial charge in [0.25, 0.3) is 0 Å². The molecule has 5 rings (SSSR count). The van der Waals surface area contributed by atoms with Gasteiger partial charge in [-0.05, 0) is 60.0 Å². The highest BCUT2D eigenvalue weighted by Gasteiger charge is 2.38. The molecule has 1 atom stereocenters. The molecular formula is C29H25FN2O4S. The van der Waals surface area contributed by atoms with Gasteiger partial charge in [-0.1, -0.05) is 66.2 Å². The second-order valence-electron chi connectivity index (χ2n) is 8.91. The molecule has 0 bridgehead atoms. The summed E-state index contributed by atoms with van der Waals surface area (Å²) in [5, 5.41) is 3.31. The number of benzene rings is 4. The SMILES string of the molecule is Cc1cccc(COC(=O)c2ccc(C3Nc4ccccc4S(=O)(=O)N3Cc3ccc(F)cc3)cc2)c1. The number of rotatable bonds is 6. The monoisotopic (exact) mass is 516 g/mol. The van der Waals surface area contributed by atoms with E-state index in [-0.39, 0.29) is 18.0 Å². The number of sulfonamides is 1. The summed E-state index contributed by atoms with van der Waals surface area (Å²) in [6, 6.07) is 26.9.